The second-order valence-electron chi connectivity index (χ2n) is 5.56. The summed E-state index contributed by atoms with van der Waals surface area (Å²) in [6.45, 7) is 7.91. The van der Waals surface area contributed by atoms with Crippen molar-refractivity contribution in [2.24, 2.45) is 11.7 Å². The fraction of sp³-hybridized carbons (Fsp3) is 0.467. The molecule has 1 aromatic carbocycles. The first-order valence-electron chi connectivity index (χ1n) is 6.73. The average molecular weight is 277 g/mol. The summed E-state index contributed by atoms with van der Waals surface area (Å²) in [5, 5.41) is 5.31. The van der Waals surface area contributed by atoms with Crippen molar-refractivity contribution in [3.8, 4) is 0 Å². The Kier molecular flexibility index (Phi) is 5.55. The van der Waals surface area contributed by atoms with Crippen LogP contribution in [0.2, 0.25) is 0 Å². The van der Waals surface area contributed by atoms with E-state index in [2.05, 4.69) is 10.6 Å². The fourth-order valence-electron chi connectivity index (χ4n) is 2.15. The molecule has 0 spiro atoms. The van der Waals surface area contributed by atoms with E-state index in [9.17, 15) is 9.59 Å². The third kappa shape index (κ3) is 5.30. The van der Waals surface area contributed by atoms with Crippen molar-refractivity contribution in [2.45, 2.75) is 40.2 Å². The van der Waals surface area contributed by atoms with E-state index in [0.29, 0.717) is 6.42 Å². The predicted molar refractivity (Wildman–Crippen MR) is 80.5 cm³/mol. The lowest BCUT2D eigenvalue weighted by molar-refractivity contribution is -0.118. The van der Waals surface area contributed by atoms with Crippen molar-refractivity contribution in [2.75, 3.05) is 5.32 Å². The lowest BCUT2D eigenvalue weighted by atomic mass is 10.0. The Bertz CT molecular complexity index is 478. The summed E-state index contributed by atoms with van der Waals surface area (Å²) in [6, 6.07) is 4.51. The van der Waals surface area contributed by atoms with Crippen LogP contribution in [0.5, 0.6) is 0 Å². The molecule has 1 rings (SSSR count). The molecule has 5 heteroatoms. The maximum absolute atomic E-state index is 12.2. The molecular formula is C15H23N3O2. The van der Waals surface area contributed by atoms with Gasteiger partial charge in [0.25, 0.3) is 0 Å². The zero-order chi connectivity index (χ0) is 15.3. The van der Waals surface area contributed by atoms with Crippen LogP contribution in [-0.2, 0) is 4.79 Å². The number of anilines is 1. The largest absolute Gasteiger partial charge is 0.352 e. The minimum atomic E-state index is -0.689. The predicted octanol–water partition coefficient (Wildman–Crippen LogP) is 2.32. The normalized spacial score (nSPS) is 12.1. The lowest BCUT2D eigenvalue weighted by Gasteiger charge is -2.19. The van der Waals surface area contributed by atoms with E-state index in [4.69, 9.17) is 5.73 Å². The van der Waals surface area contributed by atoms with E-state index in [-0.39, 0.29) is 11.8 Å². The third-order valence-corrected chi connectivity index (χ3v) is 2.83. The van der Waals surface area contributed by atoms with E-state index in [1.165, 1.54) is 0 Å². The van der Waals surface area contributed by atoms with Crippen LogP contribution in [0.4, 0.5) is 10.5 Å². The molecule has 0 saturated heterocycles. The highest BCUT2D eigenvalue weighted by molar-refractivity contribution is 5.97. The van der Waals surface area contributed by atoms with Crippen molar-refractivity contribution < 1.29 is 9.59 Å². The SMILES string of the molecule is Cc1cc(C)cc(NC(=O)C(CC(C)C)NC(N)=O)c1. The molecule has 1 unspecified atom stereocenters. The van der Waals surface area contributed by atoms with Gasteiger partial charge in [-0.3, -0.25) is 4.79 Å². The Morgan fingerprint density at radius 3 is 2.15 bits per heavy atom. The van der Waals surface area contributed by atoms with Gasteiger partial charge in [0.1, 0.15) is 6.04 Å². The van der Waals surface area contributed by atoms with E-state index in [0.717, 1.165) is 16.8 Å². The maximum Gasteiger partial charge on any atom is 0.312 e. The first kappa shape index (κ1) is 16.0. The first-order chi connectivity index (χ1) is 9.27. The topological polar surface area (TPSA) is 84.2 Å². The smallest absolute Gasteiger partial charge is 0.312 e. The Labute approximate surface area is 119 Å². The monoisotopic (exact) mass is 277 g/mol. The highest BCUT2D eigenvalue weighted by Gasteiger charge is 2.21. The summed E-state index contributed by atoms with van der Waals surface area (Å²) >= 11 is 0. The number of urea groups is 1. The summed E-state index contributed by atoms with van der Waals surface area (Å²) in [5.41, 5.74) is 7.99. The Morgan fingerprint density at radius 1 is 1.15 bits per heavy atom. The van der Waals surface area contributed by atoms with Gasteiger partial charge >= 0.3 is 6.03 Å². The molecule has 1 aromatic rings. The Balaban J connectivity index is 2.81. The molecule has 0 heterocycles. The molecule has 0 aliphatic heterocycles. The van der Waals surface area contributed by atoms with Gasteiger partial charge < -0.3 is 16.4 Å². The van der Waals surface area contributed by atoms with Crippen LogP contribution in [0.3, 0.4) is 0 Å². The standard InChI is InChI=1S/C15H23N3O2/c1-9(2)5-13(18-15(16)20)14(19)17-12-7-10(3)6-11(4)8-12/h6-9,13H,5H2,1-4H3,(H,17,19)(H3,16,18,20). The Morgan fingerprint density at radius 2 is 1.70 bits per heavy atom. The van der Waals surface area contributed by atoms with Gasteiger partial charge in [-0.05, 0) is 49.4 Å². The third-order valence-electron chi connectivity index (χ3n) is 2.83. The van der Waals surface area contributed by atoms with E-state index in [1.54, 1.807) is 0 Å². The molecule has 0 fully saturated rings. The number of carbonyl (C=O) groups excluding carboxylic acids is 2. The molecule has 0 aliphatic rings. The van der Waals surface area contributed by atoms with Gasteiger partial charge in [-0.15, -0.1) is 0 Å². The van der Waals surface area contributed by atoms with Crippen molar-refractivity contribution in [1.82, 2.24) is 5.32 Å². The van der Waals surface area contributed by atoms with Gasteiger partial charge in [0.15, 0.2) is 0 Å². The van der Waals surface area contributed by atoms with Crippen LogP contribution in [0.1, 0.15) is 31.4 Å². The van der Waals surface area contributed by atoms with Gasteiger partial charge in [0.2, 0.25) is 5.91 Å². The van der Waals surface area contributed by atoms with Gasteiger partial charge in [0, 0.05) is 5.69 Å². The van der Waals surface area contributed by atoms with Crippen LogP contribution < -0.4 is 16.4 Å². The van der Waals surface area contributed by atoms with Crippen molar-refractivity contribution >= 4 is 17.6 Å². The number of primary amides is 1. The molecule has 4 N–H and O–H groups in total. The number of nitrogens with two attached hydrogens (primary N) is 1. The fourth-order valence-corrected chi connectivity index (χ4v) is 2.15. The maximum atomic E-state index is 12.2. The molecule has 5 nitrogen and oxygen atoms in total. The van der Waals surface area contributed by atoms with Crippen LogP contribution >= 0.6 is 0 Å². The number of benzene rings is 1. The first-order valence-corrected chi connectivity index (χ1v) is 6.73. The molecule has 110 valence electrons. The number of aryl methyl sites for hydroxylation is 2. The molecular weight excluding hydrogens is 254 g/mol. The highest BCUT2D eigenvalue weighted by atomic mass is 16.2. The van der Waals surface area contributed by atoms with Crippen LogP contribution in [0, 0.1) is 19.8 Å². The van der Waals surface area contributed by atoms with Crippen LogP contribution in [-0.4, -0.2) is 18.0 Å². The summed E-state index contributed by atoms with van der Waals surface area (Å²) in [6.07, 6.45) is 0.541. The minimum absolute atomic E-state index is 0.248. The van der Waals surface area contributed by atoms with E-state index in [1.807, 2.05) is 45.9 Å². The number of hydrogen-bond donors (Lipinski definition) is 3. The quantitative estimate of drug-likeness (QED) is 0.771. The van der Waals surface area contributed by atoms with Crippen LogP contribution in [0.25, 0.3) is 0 Å². The molecule has 3 amide bonds. The average Bonchev–Trinajstić information content (AvgIpc) is 2.24. The summed E-state index contributed by atoms with van der Waals surface area (Å²) in [5.74, 6) is 0.0272. The number of carbonyl (C=O) groups is 2. The Hall–Kier alpha value is -2.04. The number of rotatable bonds is 5. The summed E-state index contributed by atoms with van der Waals surface area (Å²) in [7, 11) is 0. The van der Waals surface area contributed by atoms with Crippen LogP contribution in [0.15, 0.2) is 18.2 Å². The molecule has 0 aromatic heterocycles. The van der Waals surface area contributed by atoms with Crippen molar-refractivity contribution in [3.63, 3.8) is 0 Å². The van der Waals surface area contributed by atoms with Gasteiger partial charge in [-0.1, -0.05) is 19.9 Å². The number of amides is 3. The molecule has 0 radical (unpaired) electrons. The number of hydrogen-bond acceptors (Lipinski definition) is 2. The highest BCUT2D eigenvalue weighted by Crippen LogP contribution is 2.15. The second kappa shape index (κ2) is 6.93. The van der Waals surface area contributed by atoms with Gasteiger partial charge in [-0.2, -0.15) is 0 Å². The van der Waals surface area contributed by atoms with Crippen molar-refractivity contribution in [3.05, 3.63) is 29.3 Å². The second-order valence-corrected chi connectivity index (χ2v) is 5.56. The van der Waals surface area contributed by atoms with E-state index < -0.39 is 12.1 Å². The molecule has 0 saturated carbocycles. The molecule has 0 aliphatic carbocycles. The molecule has 0 bridgehead atoms. The lowest BCUT2D eigenvalue weighted by Crippen LogP contribution is -2.46. The van der Waals surface area contributed by atoms with E-state index >= 15 is 0 Å². The summed E-state index contributed by atoms with van der Waals surface area (Å²) in [4.78, 5) is 23.2. The molecule has 1 atom stereocenters. The van der Waals surface area contributed by atoms with Crippen molar-refractivity contribution in [1.29, 1.82) is 0 Å². The number of nitrogens with one attached hydrogen (secondary N) is 2. The summed E-state index contributed by atoms with van der Waals surface area (Å²) < 4.78 is 0. The minimum Gasteiger partial charge on any atom is -0.352 e. The van der Waals surface area contributed by atoms with Gasteiger partial charge in [-0.25, -0.2) is 4.79 Å². The zero-order valence-corrected chi connectivity index (χ0v) is 12.5. The molecule has 20 heavy (non-hydrogen) atoms. The van der Waals surface area contributed by atoms with Gasteiger partial charge in [0.05, 0.1) is 0 Å². The zero-order valence-electron chi connectivity index (χ0n) is 12.5.